The number of anilines is 4. The van der Waals surface area contributed by atoms with Gasteiger partial charge in [0.25, 0.3) is 0 Å². The molecule has 2 aliphatic carbocycles. The number of hydrogen-bond donors (Lipinski definition) is 0. The molecule has 0 amide bonds. The van der Waals surface area contributed by atoms with E-state index in [1.165, 1.54) is 22.7 Å². The first kappa shape index (κ1) is 53.0. The van der Waals surface area contributed by atoms with Gasteiger partial charge in [-0.2, -0.15) is 18.4 Å². The molecule has 10 rings (SSSR count). The second kappa shape index (κ2) is 23.9. The van der Waals surface area contributed by atoms with Gasteiger partial charge in [0.1, 0.15) is 11.6 Å². The lowest BCUT2D eigenvalue weighted by Crippen LogP contribution is -2.30. The van der Waals surface area contributed by atoms with Crippen LogP contribution >= 0.6 is 22.7 Å². The van der Waals surface area contributed by atoms with Crippen molar-refractivity contribution < 1.29 is 36.0 Å². The molecule has 2 aliphatic heterocycles. The Balaban J connectivity index is 0.708. The average molecular weight is 1090 g/mol. The van der Waals surface area contributed by atoms with E-state index in [2.05, 4.69) is 30.3 Å². The van der Waals surface area contributed by atoms with E-state index in [0.29, 0.717) is 78.4 Å². The third kappa shape index (κ3) is 12.1. The summed E-state index contributed by atoms with van der Waals surface area (Å²) in [6.07, 6.45) is 9.64. The molecule has 4 aromatic carbocycles. The van der Waals surface area contributed by atoms with Gasteiger partial charge in [0.05, 0.1) is 45.5 Å². The van der Waals surface area contributed by atoms with Gasteiger partial charge in [0.2, 0.25) is 10.3 Å². The fraction of sp³-hybridized carbons (Fsp3) is 0.321. The maximum atomic E-state index is 13.2. The number of azo groups is 2. The Hall–Kier alpha value is -7.43. The minimum Gasteiger partial charge on any atom is -0.369 e. The quantitative estimate of drug-likeness (QED) is 0.0396. The van der Waals surface area contributed by atoms with Crippen LogP contribution in [0.15, 0.2) is 129 Å². The predicted molar refractivity (Wildman–Crippen MR) is 300 cm³/mol. The Morgan fingerprint density at radius 2 is 0.870 bits per heavy atom. The van der Waals surface area contributed by atoms with Crippen LogP contribution in [0.1, 0.15) is 104 Å². The molecule has 21 heteroatoms. The number of ketones is 4. The Kier molecular flexibility index (Phi) is 16.4. The molecule has 0 spiro atoms. The first-order chi connectivity index (χ1) is 37.5. The zero-order valence-corrected chi connectivity index (χ0v) is 45.1. The Morgan fingerprint density at radius 1 is 0.519 bits per heavy atom. The van der Waals surface area contributed by atoms with Gasteiger partial charge in [-0.3, -0.25) is 19.2 Å². The standard InChI is InChI=1S/C56H56N10O8S3/c1-3-63(39-23-19-37(20-24-39)59-61-55-57-53(65-27-11-5-12-28-65)47(75-55)35-45-49(67)41-15-7-8-16-42(41)50(45)68)31-33-73-77(71,72)74-34-32-64(4-2)40-25-21-38(22-26-40)60-62-56-58-54(66-29-13-6-14-30-66)48(76-56)36-46-51(69)43-17-9-10-18-44(43)52(46)70/h7-10,15-26,35-36H,3-6,11-14,27-34H2,1-2H3. The number of piperidine rings is 2. The molecule has 18 nitrogen and oxygen atoms in total. The maximum absolute atomic E-state index is 13.2. The fourth-order valence-electron chi connectivity index (χ4n) is 9.77. The van der Waals surface area contributed by atoms with Gasteiger partial charge < -0.3 is 19.6 Å². The number of hydrogen-bond acceptors (Lipinski definition) is 20. The molecule has 2 fully saturated rings. The minimum atomic E-state index is -4.30. The van der Waals surface area contributed by atoms with Crippen molar-refractivity contribution in [3.63, 3.8) is 0 Å². The third-order valence-electron chi connectivity index (χ3n) is 13.8. The molecule has 2 saturated heterocycles. The molecule has 0 N–H and O–H groups in total. The predicted octanol–water partition coefficient (Wildman–Crippen LogP) is 12.0. The van der Waals surface area contributed by atoms with Crippen LogP contribution in [0.5, 0.6) is 0 Å². The number of fused-ring (bicyclic) bond motifs is 2. The zero-order chi connectivity index (χ0) is 53.5. The molecule has 0 radical (unpaired) electrons. The second-order valence-electron chi connectivity index (χ2n) is 18.6. The van der Waals surface area contributed by atoms with Gasteiger partial charge in [-0.15, -0.1) is 20.5 Å². The van der Waals surface area contributed by atoms with E-state index in [1.54, 1.807) is 60.7 Å². The SMILES string of the molecule is CCN(CCOS(=O)(=O)OCCN(CC)c1ccc(N=Nc2nc(N3CCCCC3)c(C=C3C(=O)c4ccccc4C3=O)s2)cc1)c1ccc(N=Nc2nc(N3CCCCC3)c(C=C3C(=O)c4ccccc4C3=O)s2)cc1. The van der Waals surface area contributed by atoms with Crippen LogP contribution in [0.2, 0.25) is 0 Å². The van der Waals surface area contributed by atoms with Crippen molar-refractivity contribution in [2.45, 2.75) is 52.4 Å². The van der Waals surface area contributed by atoms with E-state index < -0.39 is 10.4 Å². The van der Waals surface area contributed by atoms with Gasteiger partial charge in [0, 0.05) is 86.0 Å². The zero-order valence-electron chi connectivity index (χ0n) is 42.7. The van der Waals surface area contributed by atoms with E-state index in [-0.39, 0.29) is 60.6 Å². The lowest BCUT2D eigenvalue weighted by atomic mass is 10.1. The smallest absolute Gasteiger partial charge is 0.369 e. The number of Topliss-reactive ketones (excluding diaryl/α,β-unsaturated/α-hetero) is 4. The summed E-state index contributed by atoms with van der Waals surface area (Å²) in [6.45, 7) is 8.62. The van der Waals surface area contributed by atoms with E-state index in [4.69, 9.17) is 18.3 Å². The Labute approximate surface area is 454 Å². The number of benzene rings is 4. The number of aromatic nitrogens is 2. The number of rotatable bonds is 20. The summed E-state index contributed by atoms with van der Waals surface area (Å²) in [4.78, 5) is 72.2. The van der Waals surface area contributed by atoms with Crippen molar-refractivity contribution in [3.8, 4) is 0 Å². The molecule has 0 saturated carbocycles. The second-order valence-corrected chi connectivity index (χ2v) is 21.9. The number of carbonyl (C=O) groups excluding carboxylic acids is 4. The average Bonchev–Trinajstić information content (AvgIpc) is 4.20. The van der Waals surface area contributed by atoms with Gasteiger partial charge in [-0.05, 0) is 113 Å². The highest BCUT2D eigenvalue weighted by molar-refractivity contribution is 7.81. The lowest BCUT2D eigenvalue weighted by molar-refractivity contribution is 0.0975. The van der Waals surface area contributed by atoms with Crippen LogP contribution in [0, 0.1) is 0 Å². The van der Waals surface area contributed by atoms with Crippen LogP contribution in [0.25, 0.3) is 12.2 Å². The topological polar surface area (TPSA) is 209 Å². The molecule has 4 heterocycles. The van der Waals surface area contributed by atoms with Crippen molar-refractivity contribution >= 4 is 113 Å². The summed E-state index contributed by atoms with van der Waals surface area (Å²) in [7, 11) is -4.30. The van der Waals surface area contributed by atoms with Crippen LogP contribution < -0.4 is 19.6 Å². The van der Waals surface area contributed by atoms with Gasteiger partial charge in [0.15, 0.2) is 23.1 Å². The van der Waals surface area contributed by atoms with Crippen LogP contribution in [-0.2, 0) is 18.8 Å². The number of carbonyl (C=O) groups is 4. The molecule has 6 aromatic rings. The van der Waals surface area contributed by atoms with Crippen molar-refractivity contribution in [2.24, 2.45) is 20.5 Å². The first-order valence-electron chi connectivity index (χ1n) is 25.9. The van der Waals surface area contributed by atoms with Gasteiger partial charge in [-0.1, -0.05) is 71.2 Å². The van der Waals surface area contributed by atoms with Crippen LogP contribution in [-0.4, -0.2) is 107 Å². The summed E-state index contributed by atoms with van der Waals surface area (Å²) in [6, 6.07) is 28.5. The summed E-state index contributed by atoms with van der Waals surface area (Å²) in [5, 5.41) is 18.6. The third-order valence-corrected chi connectivity index (χ3v) is 16.5. The molecule has 0 unspecified atom stereocenters. The van der Waals surface area contributed by atoms with Crippen molar-refractivity contribution in [1.29, 1.82) is 0 Å². The van der Waals surface area contributed by atoms with Crippen molar-refractivity contribution in [1.82, 2.24) is 9.97 Å². The maximum Gasteiger partial charge on any atom is 0.399 e. The highest BCUT2D eigenvalue weighted by Crippen LogP contribution is 2.40. The van der Waals surface area contributed by atoms with Crippen molar-refractivity contribution in [3.05, 3.63) is 140 Å². The number of thiazole rings is 2. The highest BCUT2D eigenvalue weighted by atomic mass is 32.3. The van der Waals surface area contributed by atoms with Gasteiger partial charge >= 0.3 is 10.4 Å². The largest absolute Gasteiger partial charge is 0.399 e. The van der Waals surface area contributed by atoms with Crippen LogP contribution in [0.4, 0.5) is 44.6 Å². The minimum absolute atomic E-state index is 0.123. The van der Waals surface area contributed by atoms with Crippen molar-refractivity contribution in [2.75, 3.05) is 85.2 Å². The molecular weight excluding hydrogens is 1040 g/mol. The molecule has 396 valence electrons. The number of allylic oxidation sites excluding steroid dienone is 2. The molecule has 77 heavy (non-hydrogen) atoms. The highest BCUT2D eigenvalue weighted by Gasteiger charge is 2.35. The van der Waals surface area contributed by atoms with E-state index in [9.17, 15) is 27.6 Å². The fourth-order valence-corrected chi connectivity index (χ4v) is 12.1. The molecule has 0 atom stereocenters. The van der Waals surface area contributed by atoms with E-state index >= 15 is 0 Å². The monoisotopic (exact) mass is 1090 g/mol. The van der Waals surface area contributed by atoms with Gasteiger partial charge in [-0.25, -0.2) is 8.37 Å². The van der Waals surface area contributed by atoms with Crippen LogP contribution in [0.3, 0.4) is 0 Å². The summed E-state index contributed by atoms with van der Waals surface area (Å²) in [5.41, 5.74) is 4.71. The summed E-state index contributed by atoms with van der Waals surface area (Å²) in [5.74, 6) is 0.219. The number of likely N-dealkylation sites (N-methyl/N-ethyl adjacent to an activating group) is 2. The Morgan fingerprint density at radius 3 is 1.21 bits per heavy atom. The van der Waals surface area contributed by atoms with E-state index in [0.717, 1.165) is 76.1 Å². The molecular formula is C56H56N10O8S3. The van der Waals surface area contributed by atoms with E-state index in [1.807, 2.05) is 72.2 Å². The summed E-state index contributed by atoms with van der Waals surface area (Å²) >= 11 is 2.56. The Bertz CT molecular complexity index is 3140. The molecule has 0 bridgehead atoms. The normalized spacial score (nSPS) is 15.8. The number of nitrogens with zero attached hydrogens (tertiary/aromatic N) is 10. The molecule has 4 aliphatic rings. The first-order valence-corrected chi connectivity index (χ1v) is 28.8. The molecule has 2 aromatic heterocycles. The summed E-state index contributed by atoms with van der Waals surface area (Å²) < 4.78 is 36.2. The lowest BCUT2D eigenvalue weighted by Gasteiger charge is -2.27.